The molecule has 158 valence electrons. The highest BCUT2D eigenvalue weighted by Crippen LogP contribution is 2.45. The lowest BCUT2D eigenvalue weighted by Crippen LogP contribution is -2.23. The maximum atomic E-state index is 14.2. The largest absolute Gasteiger partial charge is 0.400 e. The van der Waals surface area contributed by atoms with Crippen molar-refractivity contribution in [3.8, 4) is 0 Å². The predicted molar refractivity (Wildman–Crippen MR) is 111 cm³/mol. The average molecular weight is 427 g/mol. The van der Waals surface area contributed by atoms with E-state index in [2.05, 4.69) is 20.5 Å². The second-order valence-electron chi connectivity index (χ2n) is 7.56. The molecule has 3 heterocycles. The molecule has 0 spiro atoms. The molecule has 2 aromatic carbocycles. The SMILES string of the molecule is CC(c1cc2c(c3cccnc13)NCC(N)=C2c1ccc(F)c2[nH]ncc12)C(F)(F)F. The van der Waals surface area contributed by atoms with Crippen LogP contribution in [0.3, 0.4) is 0 Å². The number of benzene rings is 2. The number of halogens is 4. The van der Waals surface area contributed by atoms with Gasteiger partial charge in [0.1, 0.15) is 11.3 Å². The number of pyridine rings is 1. The van der Waals surface area contributed by atoms with Crippen LogP contribution in [0.5, 0.6) is 0 Å². The Morgan fingerprint density at radius 1 is 1.13 bits per heavy atom. The monoisotopic (exact) mass is 427 g/mol. The van der Waals surface area contributed by atoms with E-state index in [0.29, 0.717) is 38.9 Å². The van der Waals surface area contributed by atoms with Gasteiger partial charge in [-0.2, -0.15) is 18.3 Å². The minimum absolute atomic E-state index is 0.0569. The lowest BCUT2D eigenvalue weighted by atomic mass is 9.85. The molecule has 0 fully saturated rings. The highest BCUT2D eigenvalue weighted by atomic mass is 19.4. The van der Waals surface area contributed by atoms with Gasteiger partial charge in [0.15, 0.2) is 0 Å². The van der Waals surface area contributed by atoms with E-state index in [9.17, 15) is 17.6 Å². The number of nitrogens with two attached hydrogens (primary N) is 1. The van der Waals surface area contributed by atoms with Crippen LogP contribution in [0.25, 0.3) is 27.4 Å². The van der Waals surface area contributed by atoms with E-state index in [-0.39, 0.29) is 23.1 Å². The van der Waals surface area contributed by atoms with E-state index in [1.54, 1.807) is 18.2 Å². The van der Waals surface area contributed by atoms with Crippen molar-refractivity contribution in [1.82, 2.24) is 15.2 Å². The Balaban J connectivity index is 1.85. The number of fused-ring (bicyclic) bond motifs is 4. The second-order valence-corrected chi connectivity index (χ2v) is 7.56. The summed E-state index contributed by atoms with van der Waals surface area (Å²) in [5.41, 5.74) is 9.64. The zero-order valence-corrected chi connectivity index (χ0v) is 16.3. The molecular weight excluding hydrogens is 410 g/mol. The molecule has 0 saturated heterocycles. The summed E-state index contributed by atoms with van der Waals surface area (Å²) < 4.78 is 55.2. The van der Waals surface area contributed by atoms with Gasteiger partial charge < -0.3 is 11.1 Å². The van der Waals surface area contributed by atoms with Crippen LogP contribution in [0, 0.1) is 5.82 Å². The van der Waals surface area contributed by atoms with Crippen molar-refractivity contribution in [2.45, 2.75) is 19.0 Å². The van der Waals surface area contributed by atoms with Crippen LogP contribution in [0.2, 0.25) is 0 Å². The first-order valence-corrected chi connectivity index (χ1v) is 9.60. The van der Waals surface area contributed by atoms with Crippen molar-refractivity contribution in [3.63, 3.8) is 0 Å². The fraction of sp³-hybridized carbons (Fsp3) is 0.182. The smallest absolute Gasteiger partial charge is 0.395 e. The standard InChI is InChI=1S/C22H17F4N5/c1-10(22(24,25)26)13-7-14-18(11-4-5-16(23)21-15(11)8-30-31-21)17(27)9-29-20(14)12-3-2-6-28-19(12)13/h2-8,10,29H,9,27H2,1H3,(H,30,31). The Hall–Kier alpha value is -3.62. The molecular formula is C22H17F4N5. The summed E-state index contributed by atoms with van der Waals surface area (Å²) in [6, 6.07) is 7.77. The molecule has 2 aromatic heterocycles. The van der Waals surface area contributed by atoms with Crippen LogP contribution in [0.15, 0.2) is 48.4 Å². The molecule has 1 aliphatic rings. The van der Waals surface area contributed by atoms with Gasteiger partial charge in [-0.3, -0.25) is 10.1 Å². The van der Waals surface area contributed by atoms with Gasteiger partial charge in [0, 0.05) is 33.8 Å². The lowest BCUT2D eigenvalue weighted by molar-refractivity contribution is -0.146. The van der Waals surface area contributed by atoms with Gasteiger partial charge in [0.05, 0.1) is 29.9 Å². The van der Waals surface area contributed by atoms with Crippen molar-refractivity contribution in [1.29, 1.82) is 0 Å². The van der Waals surface area contributed by atoms with E-state index in [4.69, 9.17) is 5.73 Å². The van der Waals surface area contributed by atoms with Crippen LogP contribution in [0.4, 0.5) is 23.2 Å². The summed E-state index contributed by atoms with van der Waals surface area (Å²) in [6.45, 7) is 1.40. The molecule has 0 saturated carbocycles. The summed E-state index contributed by atoms with van der Waals surface area (Å²) in [7, 11) is 0. The number of aromatic amines is 1. The summed E-state index contributed by atoms with van der Waals surface area (Å²) in [4.78, 5) is 4.24. The number of rotatable bonds is 2. The first kappa shape index (κ1) is 19.3. The van der Waals surface area contributed by atoms with Crippen LogP contribution in [-0.2, 0) is 0 Å². The summed E-state index contributed by atoms with van der Waals surface area (Å²) in [5.74, 6) is -2.21. The number of nitrogens with zero attached hydrogens (tertiary/aromatic N) is 2. The molecule has 4 aromatic rings. The Morgan fingerprint density at radius 3 is 2.71 bits per heavy atom. The molecule has 5 nitrogen and oxygen atoms in total. The number of nitrogens with one attached hydrogen (secondary N) is 2. The molecule has 0 aliphatic carbocycles. The van der Waals surface area contributed by atoms with E-state index in [0.717, 1.165) is 6.92 Å². The van der Waals surface area contributed by atoms with Crippen molar-refractivity contribution in [3.05, 3.63) is 70.9 Å². The van der Waals surface area contributed by atoms with E-state index >= 15 is 0 Å². The van der Waals surface area contributed by atoms with Gasteiger partial charge in [0.25, 0.3) is 0 Å². The normalized spacial score (nSPS) is 15.3. The van der Waals surface area contributed by atoms with Gasteiger partial charge in [-0.1, -0.05) is 6.07 Å². The van der Waals surface area contributed by atoms with E-state index in [1.165, 1.54) is 24.5 Å². The van der Waals surface area contributed by atoms with Gasteiger partial charge in [-0.25, -0.2) is 4.39 Å². The van der Waals surface area contributed by atoms with Gasteiger partial charge in [-0.15, -0.1) is 0 Å². The number of anilines is 1. The highest BCUT2D eigenvalue weighted by Gasteiger charge is 2.39. The molecule has 1 atom stereocenters. The zero-order chi connectivity index (χ0) is 21.9. The quantitative estimate of drug-likeness (QED) is 0.391. The fourth-order valence-electron chi connectivity index (χ4n) is 4.16. The minimum Gasteiger partial charge on any atom is -0.400 e. The van der Waals surface area contributed by atoms with Crippen molar-refractivity contribution in [2.24, 2.45) is 5.73 Å². The van der Waals surface area contributed by atoms with Crippen LogP contribution in [-0.4, -0.2) is 27.9 Å². The van der Waals surface area contributed by atoms with E-state index < -0.39 is 17.9 Å². The number of aromatic nitrogens is 3. The van der Waals surface area contributed by atoms with Crippen LogP contribution in [0.1, 0.15) is 29.5 Å². The van der Waals surface area contributed by atoms with Gasteiger partial charge >= 0.3 is 6.18 Å². The third-order valence-electron chi connectivity index (χ3n) is 5.76. The molecule has 0 bridgehead atoms. The third kappa shape index (κ3) is 2.91. The fourth-order valence-corrected chi connectivity index (χ4v) is 4.16. The van der Waals surface area contributed by atoms with E-state index in [1.807, 2.05) is 0 Å². The van der Waals surface area contributed by atoms with Gasteiger partial charge in [0.2, 0.25) is 0 Å². The molecule has 4 N–H and O–H groups in total. The Morgan fingerprint density at radius 2 is 1.94 bits per heavy atom. The Kier molecular flexibility index (Phi) is 4.18. The van der Waals surface area contributed by atoms with Crippen molar-refractivity contribution < 1.29 is 17.6 Å². The Labute approximate surface area is 174 Å². The average Bonchev–Trinajstić information content (AvgIpc) is 3.24. The number of alkyl halides is 3. The molecule has 31 heavy (non-hydrogen) atoms. The molecule has 0 radical (unpaired) electrons. The first-order chi connectivity index (χ1) is 14.8. The number of H-pyrrole nitrogens is 1. The summed E-state index contributed by atoms with van der Waals surface area (Å²) in [6.07, 6.45) is -1.48. The number of hydrogen-bond acceptors (Lipinski definition) is 4. The molecule has 1 aliphatic heterocycles. The zero-order valence-electron chi connectivity index (χ0n) is 16.3. The second kappa shape index (κ2) is 6.69. The van der Waals surface area contributed by atoms with Crippen LogP contribution < -0.4 is 11.1 Å². The summed E-state index contributed by atoms with van der Waals surface area (Å²) in [5, 5.41) is 10.8. The first-order valence-electron chi connectivity index (χ1n) is 9.60. The molecule has 0 amide bonds. The molecule has 5 rings (SSSR count). The maximum absolute atomic E-state index is 14.2. The molecule has 1 unspecified atom stereocenters. The third-order valence-corrected chi connectivity index (χ3v) is 5.76. The maximum Gasteiger partial charge on any atom is 0.395 e. The summed E-state index contributed by atoms with van der Waals surface area (Å²) >= 11 is 0. The predicted octanol–water partition coefficient (Wildman–Crippen LogP) is 5.06. The van der Waals surface area contributed by atoms with Crippen LogP contribution >= 0.6 is 0 Å². The van der Waals surface area contributed by atoms with Crippen molar-refractivity contribution >= 4 is 33.1 Å². The highest BCUT2D eigenvalue weighted by molar-refractivity contribution is 6.07. The minimum atomic E-state index is -4.44. The lowest BCUT2D eigenvalue weighted by Gasteiger charge is -2.27. The number of hydrogen-bond donors (Lipinski definition) is 3. The molecule has 9 heteroatoms. The topological polar surface area (TPSA) is 79.6 Å². The van der Waals surface area contributed by atoms with Gasteiger partial charge in [-0.05, 0) is 42.3 Å². The Bertz CT molecular complexity index is 1370. The van der Waals surface area contributed by atoms with Crippen molar-refractivity contribution in [2.75, 3.05) is 11.9 Å².